The van der Waals surface area contributed by atoms with Crippen molar-refractivity contribution in [3.05, 3.63) is 66.7 Å². The number of carbonyl (C=O) groups is 1. The van der Waals surface area contributed by atoms with Gasteiger partial charge in [-0.25, -0.2) is 13.2 Å². The van der Waals surface area contributed by atoms with E-state index in [1.54, 1.807) is 12.1 Å². The number of benzene rings is 2. The lowest BCUT2D eigenvalue weighted by Gasteiger charge is -2.15. The summed E-state index contributed by atoms with van der Waals surface area (Å²) in [4.78, 5) is 14.3. The van der Waals surface area contributed by atoms with Crippen molar-refractivity contribution in [3.63, 3.8) is 0 Å². The SMILES string of the molecule is C=CCN(C)S(=O)(=O)c1ccc(NC(=O)NCc2cccc(N(C)C)c2)cc1. The number of hydrogen-bond donors (Lipinski definition) is 2. The van der Waals surface area contributed by atoms with Crippen LogP contribution < -0.4 is 15.5 Å². The Hall–Kier alpha value is -2.84. The zero-order chi connectivity index (χ0) is 20.7. The quantitative estimate of drug-likeness (QED) is 0.665. The fourth-order valence-corrected chi connectivity index (χ4v) is 3.61. The number of anilines is 2. The van der Waals surface area contributed by atoms with Crippen LogP contribution in [-0.2, 0) is 16.6 Å². The fourth-order valence-electron chi connectivity index (χ4n) is 2.47. The van der Waals surface area contributed by atoms with Crippen molar-refractivity contribution in [1.29, 1.82) is 0 Å². The average Bonchev–Trinajstić information content (AvgIpc) is 2.67. The van der Waals surface area contributed by atoms with Gasteiger partial charge in [0.05, 0.1) is 4.90 Å². The number of rotatable bonds is 8. The van der Waals surface area contributed by atoms with Gasteiger partial charge >= 0.3 is 6.03 Å². The van der Waals surface area contributed by atoms with Gasteiger partial charge in [-0.05, 0) is 42.0 Å². The summed E-state index contributed by atoms with van der Waals surface area (Å²) in [5.74, 6) is 0. The second-order valence-corrected chi connectivity index (χ2v) is 8.52. The molecule has 2 aromatic rings. The molecular formula is C20H26N4O3S. The van der Waals surface area contributed by atoms with Crippen LogP contribution in [0.25, 0.3) is 0 Å². The molecule has 28 heavy (non-hydrogen) atoms. The van der Waals surface area contributed by atoms with Crippen LogP contribution in [-0.4, -0.2) is 46.4 Å². The second-order valence-electron chi connectivity index (χ2n) is 6.47. The number of sulfonamides is 1. The van der Waals surface area contributed by atoms with Gasteiger partial charge in [0.25, 0.3) is 0 Å². The molecule has 2 N–H and O–H groups in total. The van der Waals surface area contributed by atoms with Gasteiger partial charge < -0.3 is 15.5 Å². The molecule has 0 radical (unpaired) electrons. The highest BCUT2D eigenvalue weighted by Gasteiger charge is 2.19. The van der Waals surface area contributed by atoms with Gasteiger partial charge in [0.1, 0.15) is 0 Å². The van der Waals surface area contributed by atoms with Crippen molar-refractivity contribution in [3.8, 4) is 0 Å². The normalized spacial score (nSPS) is 11.1. The first kappa shape index (κ1) is 21.5. The Kier molecular flexibility index (Phi) is 7.19. The van der Waals surface area contributed by atoms with Crippen LogP contribution in [0.3, 0.4) is 0 Å². The van der Waals surface area contributed by atoms with E-state index >= 15 is 0 Å². The molecule has 7 nitrogen and oxygen atoms in total. The highest BCUT2D eigenvalue weighted by Crippen LogP contribution is 2.17. The van der Waals surface area contributed by atoms with Crippen LogP contribution in [0.4, 0.5) is 16.2 Å². The van der Waals surface area contributed by atoms with E-state index in [-0.39, 0.29) is 17.5 Å². The molecule has 0 saturated heterocycles. The maximum absolute atomic E-state index is 12.4. The minimum absolute atomic E-state index is 0.156. The summed E-state index contributed by atoms with van der Waals surface area (Å²) in [7, 11) is 1.83. The summed E-state index contributed by atoms with van der Waals surface area (Å²) >= 11 is 0. The minimum Gasteiger partial charge on any atom is -0.378 e. The summed E-state index contributed by atoms with van der Waals surface area (Å²) < 4.78 is 25.9. The molecule has 0 aliphatic carbocycles. The summed E-state index contributed by atoms with van der Waals surface area (Å²) in [5.41, 5.74) is 2.54. The average molecular weight is 403 g/mol. The Labute approximate surface area is 166 Å². The first-order chi connectivity index (χ1) is 13.2. The van der Waals surface area contributed by atoms with Gasteiger partial charge in [-0.15, -0.1) is 6.58 Å². The number of amides is 2. The van der Waals surface area contributed by atoms with Gasteiger partial charge in [0.15, 0.2) is 0 Å². The van der Waals surface area contributed by atoms with Crippen LogP contribution >= 0.6 is 0 Å². The largest absolute Gasteiger partial charge is 0.378 e. The molecule has 0 unspecified atom stereocenters. The van der Waals surface area contributed by atoms with Crippen molar-refractivity contribution in [2.24, 2.45) is 0 Å². The lowest BCUT2D eigenvalue weighted by atomic mass is 10.2. The Bertz CT molecular complexity index is 925. The molecule has 0 saturated carbocycles. The molecule has 0 heterocycles. The lowest BCUT2D eigenvalue weighted by molar-refractivity contribution is 0.251. The second kappa shape index (κ2) is 9.38. The third-order valence-electron chi connectivity index (χ3n) is 4.09. The first-order valence-corrected chi connectivity index (χ1v) is 10.2. The van der Waals surface area contributed by atoms with Crippen molar-refractivity contribution in [2.75, 3.05) is 37.9 Å². The van der Waals surface area contributed by atoms with Gasteiger partial charge in [0.2, 0.25) is 10.0 Å². The highest BCUT2D eigenvalue weighted by molar-refractivity contribution is 7.89. The Morgan fingerprint density at radius 2 is 1.79 bits per heavy atom. The summed E-state index contributed by atoms with van der Waals surface area (Å²) in [6.45, 7) is 4.15. The molecule has 0 aliphatic rings. The zero-order valence-electron chi connectivity index (χ0n) is 16.3. The van der Waals surface area contributed by atoms with E-state index in [0.717, 1.165) is 11.3 Å². The van der Waals surface area contributed by atoms with E-state index in [9.17, 15) is 13.2 Å². The fraction of sp³-hybridized carbons (Fsp3) is 0.250. The van der Waals surface area contributed by atoms with E-state index < -0.39 is 10.0 Å². The molecule has 0 atom stereocenters. The topological polar surface area (TPSA) is 81.8 Å². The van der Waals surface area contributed by atoms with Gasteiger partial charge in [-0.3, -0.25) is 0 Å². The Morgan fingerprint density at radius 1 is 1.11 bits per heavy atom. The number of urea groups is 1. The Morgan fingerprint density at radius 3 is 2.39 bits per heavy atom. The molecule has 0 bridgehead atoms. The number of hydrogen-bond acceptors (Lipinski definition) is 4. The van der Waals surface area contributed by atoms with E-state index in [1.807, 2.05) is 43.3 Å². The van der Waals surface area contributed by atoms with E-state index in [1.165, 1.54) is 29.6 Å². The number of nitrogens with zero attached hydrogens (tertiary/aromatic N) is 2. The molecule has 0 spiro atoms. The van der Waals surface area contributed by atoms with E-state index in [4.69, 9.17) is 0 Å². The molecule has 8 heteroatoms. The standard InChI is InChI=1S/C20H26N4O3S/c1-5-13-24(4)28(26,27)19-11-9-17(10-12-19)22-20(25)21-15-16-7-6-8-18(14-16)23(2)3/h5-12,14H,1,13,15H2,2-4H3,(H2,21,22,25). The van der Waals surface area contributed by atoms with Crippen LogP contribution in [0.1, 0.15) is 5.56 Å². The third-order valence-corrected chi connectivity index (χ3v) is 5.92. The monoisotopic (exact) mass is 402 g/mol. The first-order valence-electron chi connectivity index (χ1n) is 8.72. The lowest BCUT2D eigenvalue weighted by Crippen LogP contribution is -2.28. The van der Waals surface area contributed by atoms with Gasteiger partial charge in [0, 0.05) is 45.6 Å². The summed E-state index contributed by atoms with van der Waals surface area (Å²) in [6.07, 6.45) is 1.52. The van der Waals surface area contributed by atoms with Crippen LogP contribution in [0.15, 0.2) is 66.1 Å². The summed E-state index contributed by atoms with van der Waals surface area (Å²) in [6, 6.07) is 13.5. The smallest absolute Gasteiger partial charge is 0.319 e. The summed E-state index contributed by atoms with van der Waals surface area (Å²) in [5, 5.41) is 5.48. The van der Waals surface area contributed by atoms with E-state index in [2.05, 4.69) is 17.2 Å². The highest BCUT2D eigenvalue weighted by atomic mass is 32.2. The van der Waals surface area contributed by atoms with Crippen molar-refractivity contribution >= 4 is 27.4 Å². The van der Waals surface area contributed by atoms with Crippen molar-refractivity contribution in [1.82, 2.24) is 9.62 Å². The van der Waals surface area contributed by atoms with Crippen LogP contribution in [0.2, 0.25) is 0 Å². The molecule has 2 rings (SSSR count). The molecule has 2 amide bonds. The number of nitrogens with one attached hydrogen (secondary N) is 2. The van der Waals surface area contributed by atoms with Crippen LogP contribution in [0.5, 0.6) is 0 Å². The molecule has 0 fully saturated rings. The third kappa shape index (κ3) is 5.58. The van der Waals surface area contributed by atoms with Gasteiger partial charge in [-0.2, -0.15) is 4.31 Å². The molecule has 150 valence electrons. The predicted octanol–water partition coefficient (Wildman–Crippen LogP) is 2.88. The van der Waals surface area contributed by atoms with Gasteiger partial charge in [-0.1, -0.05) is 18.2 Å². The van der Waals surface area contributed by atoms with E-state index in [0.29, 0.717) is 12.2 Å². The van der Waals surface area contributed by atoms with Crippen LogP contribution in [0, 0.1) is 0 Å². The molecule has 0 aromatic heterocycles. The molecular weight excluding hydrogens is 376 g/mol. The number of likely N-dealkylation sites (N-methyl/N-ethyl adjacent to an activating group) is 1. The van der Waals surface area contributed by atoms with Crippen molar-refractivity contribution < 1.29 is 13.2 Å². The molecule has 2 aromatic carbocycles. The van der Waals surface area contributed by atoms with Crippen molar-refractivity contribution in [2.45, 2.75) is 11.4 Å². The Balaban J connectivity index is 1.96. The molecule has 0 aliphatic heterocycles. The zero-order valence-corrected chi connectivity index (χ0v) is 17.2. The number of carbonyl (C=O) groups excluding carboxylic acids is 1. The predicted molar refractivity (Wildman–Crippen MR) is 113 cm³/mol. The maximum Gasteiger partial charge on any atom is 0.319 e. The maximum atomic E-state index is 12.4. The minimum atomic E-state index is -3.57.